The van der Waals surface area contributed by atoms with Crippen LogP contribution in [0.5, 0.6) is 0 Å². The van der Waals surface area contributed by atoms with Crippen molar-refractivity contribution in [2.45, 2.75) is 46.0 Å². The molecule has 2 atom stereocenters. The fraction of sp³-hybridized carbons (Fsp3) is 0.571. The predicted octanol–water partition coefficient (Wildman–Crippen LogP) is 4.09. The van der Waals surface area contributed by atoms with Crippen molar-refractivity contribution in [3.05, 3.63) is 23.7 Å². The first kappa shape index (κ1) is 13.3. The Morgan fingerprint density at radius 3 is 2.61 bits per heavy atom. The molecule has 3 nitrogen and oxygen atoms in total. The minimum Gasteiger partial charge on any atom is -0.309 e. The van der Waals surface area contributed by atoms with Crippen LogP contribution in [0.3, 0.4) is 0 Å². The Morgan fingerprint density at radius 1 is 1.28 bits per heavy atom. The summed E-state index contributed by atoms with van der Waals surface area (Å²) in [6, 6.07) is 4.38. The zero-order chi connectivity index (χ0) is 13.3. The van der Waals surface area contributed by atoms with Gasteiger partial charge in [0.15, 0.2) is 5.65 Å². The van der Waals surface area contributed by atoms with Gasteiger partial charge in [-0.05, 0) is 31.9 Å². The summed E-state index contributed by atoms with van der Waals surface area (Å²) in [4.78, 5) is 9.20. The van der Waals surface area contributed by atoms with Gasteiger partial charge in [0.1, 0.15) is 11.3 Å². The number of aromatic nitrogens is 3. The van der Waals surface area contributed by atoms with E-state index in [4.69, 9.17) is 11.6 Å². The van der Waals surface area contributed by atoms with Crippen LogP contribution in [0.4, 0.5) is 0 Å². The van der Waals surface area contributed by atoms with Crippen LogP contribution in [0.1, 0.15) is 44.8 Å². The summed E-state index contributed by atoms with van der Waals surface area (Å²) in [5.74, 6) is 1.92. The van der Waals surface area contributed by atoms with E-state index >= 15 is 0 Å². The molecule has 4 heteroatoms. The van der Waals surface area contributed by atoms with Gasteiger partial charge in [0.05, 0.1) is 5.88 Å². The van der Waals surface area contributed by atoms with Gasteiger partial charge in [-0.2, -0.15) is 0 Å². The standard InChI is InChI=1S/C14H20ClN3/c1-5-9(2)11(4)18-13(8-15)17-12-7-6-10(3)16-14(12)18/h6-7,9,11H,5,8H2,1-4H3. The fourth-order valence-corrected chi connectivity index (χ4v) is 2.42. The molecular formula is C14H20ClN3. The largest absolute Gasteiger partial charge is 0.309 e. The Kier molecular flexibility index (Phi) is 3.91. The highest BCUT2D eigenvalue weighted by molar-refractivity contribution is 6.16. The molecule has 2 unspecified atom stereocenters. The summed E-state index contributed by atoms with van der Waals surface area (Å²) in [6.07, 6.45) is 1.13. The number of imidazole rings is 1. The third-order valence-corrected chi connectivity index (χ3v) is 3.98. The minimum absolute atomic E-state index is 0.364. The predicted molar refractivity (Wildman–Crippen MR) is 76.0 cm³/mol. The lowest BCUT2D eigenvalue weighted by Gasteiger charge is -2.22. The number of alkyl halides is 1. The molecule has 0 N–H and O–H groups in total. The van der Waals surface area contributed by atoms with Gasteiger partial charge in [-0.15, -0.1) is 11.6 Å². The van der Waals surface area contributed by atoms with E-state index in [9.17, 15) is 0 Å². The van der Waals surface area contributed by atoms with Crippen LogP contribution in [-0.2, 0) is 5.88 Å². The molecule has 2 aromatic rings. The first-order chi connectivity index (χ1) is 8.58. The fourth-order valence-electron chi connectivity index (χ4n) is 2.23. The molecule has 0 aromatic carbocycles. The highest BCUT2D eigenvalue weighted by Gasteiger charge is 2.20. The molecule has 0 amide bonds. The highest BCUT2D eigenvalue weighted by Crippen LogP contribution is 2.27. The minimum atomic E-state index is 0.364. The molecule has 2 aromatic heterocycles. The lowest BCUT2D eigenvalue weighted by Crippen LogP contribution is -2.16. The number of nitrogens with zero attached hydrogens (tertiary/aromatic N) is 3. The maximum atomic E-state index is 6.02. The molecule has 0 saturated heterocycles. The van der Waals surface area contributed by atoms with Gasteiger partial charge in [0.25, 0.3) is 0 Å². The number of rotatable bonds is 4. The molecule has 0 saturated carbocycles. The van der Waals surface area contributed by atoms with Gasteiger partial charge in [0, 0.05) is 11.7 Å². The van der Waals surface area contributed by atoms with Crippen molar-refractivity contribution in [2.75, 3.05) is 0 Å². The van der Waals surface area contributed by atoms with E-state index in [1.54, 1.807) is 0 Å². The average molecular weight is 266 g/mol. The van der Waals surface area contributed by atoms with E-state index in [2.05, 4.69) is 35.3 Å². The third kappa shape index (κ3) is 2.24. The summed E-state index contributed by atoms with van der Waals surface area (Å²) in [5.41, 5.74) is 2.91. The first-order valence-corrected chi connectivity index (χ1v) is 7.02. The van der Waals surface area contributed by atoms with Crippen LogP contribution >= 0.6 is 11.6 Å². The lowest BCUT2D eigenvalue weighted by atomic mass is 10.0. The van der Waals surface area contributed by atoms with E-state index < -0.39 is 0 Å². The van der Waals surface area contributed by atoms with Crippen molar-refractivity contribution in [1.82, 2.24) is 14.5 Å². The van der Waals surface area contributed by atoms with E-state index in [0.717, 1.165) is 29.1 Å². The van der Waals surface area contributed by atoms with E-state index in [0.29, 0.717) is 17.8 Å². The summed E-state index contributed by atoms with van der Waals surface area (Å²) < 4.78 is 2.20. The van der Waals surface area contributed by atoms with Crippen molar-refractivity contribution in [1.29, 1.82) is 0 Å². The monoisotopic (exact) mass is 265 g/mol. The second-order valence-electron chi connectivity index (χ2n) is 4.95. The second kappa shape index (κ2) is 5.27. The van der Waals surface area contributed by atoms with Gasteiger partial charge in [0.2, 0.25) is 0 Å². The van der Waals surface area contributed by atoms with Crippen molar-refractivity contribution in [3.63, 3.8) is 0 Å². The maximum absolute atomic E-state index is 6.02. The van der Waals surface area contributed by atoms with Crippen LogP contribution in [-0.4, -0.2) is 14.5 Å². The van der Waals surface area contributed by atoms with Crippen LogP contribution in [0, 0.1) is 12.8 Å². The van der Waals surface area contributed by atoms with E-state index in [1.807, 2.05) is 19.1 Å². The topological polar surface area (TPSA) is 30.7 Å². The molecule has 0 spiro atoms. The summed E-state index contributed by atoms with van der Waals surface area (Å²) in [5, 5.41) is 0. The van der Waals surface area contributed by atoms with Crippen LogP contribution in [0.25, 0.3) is 11.2 Å². The molecular weight excluding hydrogens is 246 g/mol. The molecule has 0 bridgehead atoms. The Bertz CT molecular complexity index is 547. The number of pyridine rings is 1. The molecule has 2 rings (SSSR count). The van der Waals surface area contributed by atoms with Gasteiger partial charge in [-0.25, -0.2) is 9.97 Å². The summed E-state index contributed by atoms with van der Waals surface area (Å²) in [6.45, 7) is 8.68. The number of hydrogen-bond acceptors (Lipinski definition) is 2. The number of halogens is 1. The molecule has 0 radical (unpaired) electrons. The third-order valence-electron chi connectivity index (χ3n) is 3.74. The summed E-state index contributed by atoms with van der Waals surface area (Å²) >= 11 is 6.02. The normalized spacial score (nSPS) is 14.9. The highest BCUT2D eigenvalue weighted by atomic mass is 35.5. The lowest BCUT2D eigenvalue weighted by molar-refractivity contribution is 0.370. The molecule has 0 aliphatic rings. The molecule has 0 aliphatic heterocycles. The maximum Gasteiger partial charge on any atom is 0.160 e. The molecule has 2 heterocycles. The Morgan fingerprint density at radius 2 is 2.00 bits per heavy atom. The average Bonchev–Trinajstić information content (AvgIpc) is 2.74. The van der Waals surface area contributed by atoms with Crippen molar-refractivity contribution < 1.29 is 0 Å². The molecule has 0 aliphatic carbocycles. The van der Waals surface area contributed by atoms with E-state index in [1.165, 1.54) is 0 Å². The Labute approximate surface area is 113 Å². The van der Waals surface area contributed by atoms with E-state index in [-0.39, 0.29) is 0 Å². The Hall–Kier alpha value is -1.09. The van der Waals surface area contributed by atoms with Gasteiger partial charge in [-0.1, -0.05) is 20.3 Å². The number of hydrogen-bond donors (Lipinski definition) is 0. The van der Waals surface area contributed by atoms with Gasteiger partial charge >= 0.3 is 0 Å². The van der Waals surface area contributed by atoms with Crippen molar-refractivity contribution in [2.24, 2.45) is 5.92 Å². The number of fused-ring (bicyclic) bond motifs is 1. The van der Waals surface area contributed by atoms with Crippen molar-refractivity contribution >= 4 is 22.8 Å². The molecule has 98 valence electrons. The molecule has 18 heavy (non-hydrogen) atoms. The van der Waals surface area contributed by atoms with Crippen LogP contribution in [0.2, 0.25) is 0 Å². The van der Waals surface area contributed by atoms with Crippen molar-refractivity contribution in [3.8, 4) is 0 Å². The zero-order valence-corrected chi connectivity index (χ0v) is 12.2. The van der Waals surface area contributed by atoms with Gasteiger partial charge < -0.3 is 4.57 Å². The summed E-state index contributed by atoms with van der Waals surface area (Å²) in [7, 11) is 0. The molecule has 0 fully saturated rings. The van der Waals surface area contributed by atoms with Gasteiger partial charge in [-0.3, -0.25) is 0 Å². The zero-order valence-electron chi connectivity index (χ0n) is 11.4. The number of aryl methyl sites for hydroxylation is 1. The quantitative estimate of drug-likeness (QED) is 0.780. The smallest absolute Gasteiger partial charge is 0.160 e. The Balaban J connectivity index is 2.62. The van der Waals surface area contributed by atoms with Crippen LogP contribution < -0.4 is 0 Å². The van der Waals surface area contributed by atoms with Crippen LogP contribution in [0.15, 0.2) is 12.1 Å². The second-order valence-corrected chi connectivity index (χ2v) is 5.22. The first-order valence-electron chi connectivity index (χ1n) is 6.48. The SMILES string of the molecule is CCC(C)C(C)n1c(CCl)nc2ccc(C)nc21.